The SMILES string of the molecule is O=C(NCc1ccc(Cl)cc1)Nc1ccc(S(=O)(=O)C(F)F)cc1. The maximum Gasteiger partial charge on any atom is 0.341 e. The molecule has 9 heteroatoms. The summed E-state index contributed by atoms with van der Waals surface area (Å²) < 4.78 is 47.4. The summed E-state index contributed by atoms with van der Waals surface area (Å²) in [7, 11) is -4.64. The molecule has 0 fully saturated rings. The number of rotatable bonds is 5. The summed E-state index contributed by atoms with van der Waals surface area (Å²) in [6.45, 7) is 0.265. The molecule has 5 nitrogen and oxygen atoms in total. The van der Waals surface area contributed by atoms with Crippen molar-refractivity contribution in [1.82, 2.24) is 5.32 Å². The van der Waals surface area contributed by atoms with Crippen molar-refractivity contribution in [3.63, 3.8) is 0 Å². The summed E-state index contributed by atoms with van der Waals surface area (Å²) in [5.41, 5.74) is 1.12. The second-order valence-corrected chi connectivity index (χ2v) is 7.12. The van der Waals surface area contributed by atoms with Gasteiger partial charge in [0.2, 0.25) is 9.84 Å². The van der Waals surface area contributed by atoms with Gasteiger partial charge >= 0.3 is 11.8 Å². The minimum Gasteiger partial charge on any atom is -0.334 e. The molecule has 0 aliphatic rings. The molecule has 0 saturated carbocycles. The van der Waals surface area contributed by atoms with E-state index >= 15 is 0 Å². The van der Waals surface area contributed by atoms with Crippen LogP contribution in [-0.4, -0.2) is 20.2 Å². The first-order chi connectivity index (χ1) is 11.3. The predicted molar refractivity (Wildman–Crippen MR) is 86.9 cm³/mol. The van der Waals surface area contributed by atoms with Crippen molar-refractivity contribution in [2.24, 2.45) is 0 Å². The van der Waals surface area contributed by atoms with Crippen LogP contribution < -0.4 is 10.6 Å². The van der Waals surface area contributed by atoms with Crippen LogP contribution in [0.3, 0.4) is 0 Å². The van der Waals surface area contributed by atoms with Gasteiger partial charge in [-0.05, 0) is 42.0 Å². The lowest BCUT2D eigenvalue weighted by molar-refractivity contribution is 0.234. The lowest BCUT2D eigenvalue weighted by atomic mass is 10.2. The minimum absolute atomic E-state index is 0.265. The van der Waals surface area contributed by atoms with E-state index in [-0.39, 0.29) is 12.2 Å². The normalized spacial score (nSPS) is 11.3. The van der Waals surface area contributed by atoms with Crippen LogP contribution in [0.4, 0.5) is 19.3 Å². The smallest absolute Gasteiger partial charge is 0.334 e. The first kappa shape index (κ1) is 18.2. The lowest BCUT2D eigenvalue weighted by Gasteiger charge is -2.09. The average molecular weight is 375 g/mol. The van der Waals surface area contributed by atoms with E-state index in [1.165, 1.54) is 12.1 Å². The summed E-state index contributed by atoms with van der Waals surface area (Å²) in [4.78, 5) is 11.2. The number of hydrogen-bond donors (Lipinski definition) is 2. The number of halogens is 3. The number of sulfone groups is 1. The quantitative estimate of drug-likeness (QED) is 0.838. The van der Waals surface area contributed by atoms with Gasteiger partial charge in [0.25, 0.3) is 0 Å². The molecule has 0 radical (unpaired) electrons. The highest BCUT2D eigenvalue weighted by Gasteiger charge is 2.26. The summed E-state index contributed by atoms with van der Waals surface area (Å²) in [6.07, 6.45) is 0. The number of carbonyl (C=O) groups excluding carboxylic acids is 1. The molecule has 0 aliphatic heterocycles. The first-order valence-electron chi connectivity index (χ1n) is 6.70. The number of nitrogens with one attached hydrogen (secondary N) is 2. The zero-order chi connectivity index (χ0) is 17.7. The first-order valence-corrected chi connectivity index (χ1v) is 8.63. The van der Waals surface area contributed by atoms with Crippen LogP contribution in [-0.2, 0) is 16.4 Å². The summed E-state index contributed by atoms with van der Waals surface area (Å²) in [6, 6.07) is 10.9. The zero-order valence-electron chi connectivity index (χ0n) is 12.2. The molecular weight excluding hydrogens is 362 g/mol. The van der Waals surface area contributed by atoms with Gasteiger partial charge in [-0.25, -0.2) is 13.2 Å². The molecule has 0 aliphatic carbocycles. The Morgan fingerprint density at radius 3 is 2.17 bits per heavy atom. The molecule has 24 heavy (non-hydrogen) atoms. The molecule has 2 aromatic rings. The molecule has 0 aromatic heterocycles. The number of hydrogen-bond acceptors (Lipinski definition) is 3. The van der Waals surface area contributed by atoms with Gasteiger partial charge in [-0.3, -0.25) is 0 Å². The third-order valence-electron chi connectivity index (χ3n) is 3.04. The lowest BCUT2D eigenvalue weighted by Crippen LogP contribution is -2.28. The third-order valence-corrected chi connectivity index (χ3v) is 4.69. The Labute approximate surface area is 142 Å². The van der Waals surface area contributed by atoms with Crippen LogP contribution in [0.2, 0.25) is 5.02 Å². The fourth-order valence-electron chi connectivity index (χ4n) is 1.79. The highest BCUT2D eigenvalue weighted by molar-refractivity contribution is 7.91. The van der Waals surface area contributed by atoms with Gasteiger partial charge in [0.05, 0.1) is 4.90 Å². The Bertz CT molecular complexity index is 810. The molecule has 128 valence electrons. The highest BCUT2D eigenvalue weighted by Crippen LogP contribution is 2.20. The molecular formula is C15H13ClF2N2O3S. The van der Waals surface area contributed by atoms with Gasteiger partial charge in [0, 0.05) is 17.3 Å². The van der Waals surface area contributed by atoms with E-state index in [9.17, 15) is 22.0 Å². The average Bonchev–Trinajstić information content (AvgIpc) is 2.54. The topological polar surface area (TPSA) is 75.3 Å². The van der Waals surface area contributed by atoms with Crippen molar-refractivity contribution in [2.75, 3.05) is 5.32 Å². The van der Waals surface area contributed by atoms with E-state index in [0.717, 1.165) is 17.7 Å². The van der Waals surface area contributed by atoms with Crippen molar-refractivity contribution in [3.8, 4) is 0 Å². The number of carbonyl (C=O) groups is 1. The summed E-state index contributed by atoms with van der Waals surface area (Å²) in [5, 5.41) is 5.66. The molecule has 0 atom stereocenters. The number of urea groups is 1. The van der Waals surface area contributed by atoms with Crippen molar-refractivity contribution in [1.29, 1.82) is 0 Å². The number of amides is 2. The summed E-state index contributed by atoms with van der Waals surface area (Å²) >= 11 is 5.76. The molecule has 0 saturated heterocycles. The van der Waals surface area contributed by atoms with E-state index in [2.05, 4.69) is 10.6 Å². The van der Waals surface area contributed by atoms with Gasteiger partial charge in [0.1, 0.15) is 0 Å². The van der Waals surface area contributed by atoms with Gasteiger partial charge in [0.15, 0.2) is 0 Å². The molecule has 0 unspecified atom stereocenters. The molecule has 0 heterocycles. The van der Waals surface area contributed by atoms with Crippen LogP contribution in [0.5, 0.6) is 0 Å². The predicted octanol–water partition coefficient (Wildman–Crippen LogP) is 3.66. The molecule has 2 amide bonds. The van der Waals surface area contributed by atoms with E-state index in [1.54, 1.807) is 24.3 Å². The Morgan fingerprint density at radius 1 is 1.04 bits per heavy atom. The van der Waals surface area contributed by atoms with Crippen molar-refractivity contribution in [3.05, 3.63) is 59.1 Å². The Balaban J connectivity index is 1.93. The Kier molecular flexibility index (Phi) is 5.74. The largest absolute Gasteiger partial charge is 0.341 e. The number of anilines is 1. The van der Waals surface area contributed by atoms with Crippen molar-refractivity contribution < 1.29 is 22.0 Å². The van der Waals surface area contributed by atoms with Crippen molar-refractivity contribution >= 4 is 33.2 Å². The second kappa shape index (κ2) is 7.59. The standard InChI is InChI=1S/C15H13ClF2N2O3S/c16-11-3-1-10(2-4-11)9-19-15(21)20-12-5-7-13(8-6-12)24(22,23)14(17)18/h1-8,14H,9H2,(H2,19,20,21). The van der Waals surface area contributed by atoms with E-state index in [4.69, 9.17) is 11.6 Å². The minimum atomic E-state index is -4.64. The van der Waals surface area contributed by atoms with Crippen molar-refractivity contribution in [2.45, 2.75) is 17.2 Å². The highest BCUT2D eigenvalue weighted by atomic mass is 35.5. The fourth-order valence-corrected chi connectivity index (χ4v) is 2.64. The van der Waals surface area contributed by atoms with Crippen LogP contribution in [0.25, 0.3) is 0 Å². The van der Waals surface area contributed by atoms with Crippen LogP contribution in [0, 0.1) is 0 Å². The van der Waals surface area contributed by atoms with Crippen LogP contribution in [0.15, 0.2) is 53.4 Å². The Morgan fingerprint density at radius 2 is 1.62 bits per heavy atom. The second-order valence-electron chi connectivity index (χ2n) is 4.76. The van der Waals surface area contributed by atoms with Gasteiger partial charge < -0.3 is 10.6 Å². The van der Waals surface area contributed by atoms with Gasteiger partial charge in [-0.1, -0.05) is 23.7 Å². The zero-order valence-corrected chi connectivity index (χ0v) is 13.7. The molecule has 0 spiro atoms. The van der Waals surface area contributed by atoms with Crippen LogP contribution in [0.1, 0.15) is 5.56 Å². The monoisotopic (exact) mass is 374 g/mol. The molecule has 0 bridgehead atoms. The molecule has 2 rings (SSSR count). The molecule has 2 aromatic carbocycles. The molecule has 2 N–H and O–H groups in total. The van der Waals surface area contributed by atoms with E-state index in [0.29, 0.717) is 5.02 Å². The third kappa shape index (κ3) is 4.65. The van der Waals surface area contributed by atoms with Gasteiger partial charge in [-0.15, -0.1) is 0 Å². The number of alkyl halides is 2. The maximum absolute atomic E-state index is 12.4. The Hall–Kier alpha value is -2.19. The number of benzene rings is 2. The fraction of sp³-hybridized carbons (Fsp3) is 0.133. The van der Waals surface area contributed by atoms with E-state index in [1.807, 2.05) is 0 Å². The summed E-state index contributed by atoms with van der Waals surface area (Å²) in [5.74, 6) is -3.49. The van der Waals surface area contributed by atoms with E-state index < -0.39 is 26.5 Å². The van der Waals surface area contributed by atoms with Gasteiger partial charge in [-0.2, -0.15) is 8.78 Å². The van der Waals surface area contributed by atoms with Crippen LogP contribution >= 0.6 is 11.6 Å². The maximum atomic E-state index is 12.4.